The van der Waals surface area contributed by atoms with Gasteiger partial charge in [-0.15, -0.1) is 0 Å². The minimum absolute atomic E-state index is 0.888. The summed E-state index contributed by atoms with van der Waals surface area (Å²) in [5.74, 6) is 0. The number of hydrogen-bond donors (Lipinski definition) is 1. The first-order valence-electron chi connectivity index (χ1n) is 9.14. The molecule has 1 aromatic rings. The highest BCUT2D eigenvalue weighted by molar-refractivity contribution is 7.97. The van der Waals surface area contributed by atoms with Crippen molar-refractivity contribution in [1.29, 1.82) is 0 Å². The molecule has 0 saturated heterocycles. The second-order valence-corrected chi connectivity index (χ2v) is 6.60. The molecule has 2 N–H and O–H groups in total. The summed E-state index contributed by atoms with van der Waals surface area (Å²) in [4.78, 5) is 3.47. The van der Waals surface area contributed by atoms with Crippen LogP contribution in [0.4, 0.5) is 0 Å². The Morgan fingerprint density at radius 3 is 1.74 bits per heavy atom. The van der Waals surface area contributed by atoms with Gasteiger partial charge < -0.3 is 4.90 Å². The van der Waals surface area contributed by atoms with Crippen LogP contribution >= 0.6 is 11.9 Å². The van der Waals surface area contributed by atoms with Crippen LogP contribution in [0.1, 0.15) is 71.8 Å². The molecule has 0 radical (unpaired) electrons. The largest absolute Gasteiger partial charge is 0.306 e. The van der Waals surface area contributed by atoms with E-state index in [-0.39, 0.29) is 0 Å². The third kappa shape index (κ3) is 14.8. The SMILES string of the molecule is CC.CCC.CN(C)C1CCCCC1.Cc1ccc(SN)cc1. The molecule has 1 aromatic carbocycles. The van der Waals surface area contributed by atoms with E-state index >= 15 is 0 Å². The Bertz CT molecular complexity index is 330. The van der Waals surface area contributed by atoms with Crippen LogP contribution in [0, 0.1) is 6.92 Å². The molecule has 136 valence electrons. The number of nitrogens with zero attached hydrogens (tertiary/aromatic N) is 1. The molecule has 0 aromatic heterocycles. The molecule has 0 amide bonds. The average molecular weight is 341 g/mol. The first-order chi connectivity index (χ1) is 11.0. The Hall–Kier alpha value is -0.510. The first kappa shape index (κ1) is 24.7. The van der Waals surface area contributed by atoms with Crippen LogP contribution in [-0.4, -0.2) is 25.0 Å². The number of aryl methyl sites for hydroxylation is 1. The van der Waals surface area contributed by atoms with Crippen molar-refractivity contribution in [2.24, 2.45) is 5.14 Å². The minimum atomic E-state index is 0.888. The maximum absolute atomic E-state index is 5.32. The van der Waals surface area contributed by atoms with E-state index in [1.807, 2.05) is 26.0 Å². The molecule has 0 aliphatic heterocycles. The molecule has 1 aliphatic rings. The van der Waals surface area contributed by atoms with Gasteiger partial charge >= 0.3 is 0 Å². The summed E-state index contributed by atoms with van der Waals surface area (Å²) in [6, 6.07) is 9.02. The van der Waals surface area contributed by atoms with Gasteiger partial charge in [-0.2, -0.15) is 0 Å². The summed E-state index contributed by atoms with van der Waals surface area (Å²) in [7, 11) is 4.38. The topological polar surface area (TPSA) is 29.3 Å². The molecule has 1 aliphatic carbocycles. The fraction of sp³-hybridized carbons (Fsp3) is 0.700. The van der Waals surface area contributed by atoms with Gasteiger partial charge in [-0.1, -0.05) is 71.1 Å². The number of benzene rings is 1. The first-order valence-corrected chi connectivity index (χ1v) is 10.0. The van der Waals surface area contributed by atoms with Gasteiger partial charge in [0, 0.05) is 10.9 Å². The molecule has 3 heteroatoms. The quantitative estimate of drug-likeness (QED) is 0.642. The van der Waals surface area contributed by atoms with Gasteiger partial charge in [-0.05, 0) is 57.9 Å². The molecule has 0 atom stereocenters. The zero-order valence-electron chi connectivity index (χ0n) is 16.6. The van der Waals surface area contributed by atoms with Gasteiger partial charge in [0.25, 0.3) is 0 Å². The van der Waals surface area contributed by atoms with Crippen molar-refractivity contribution in [2.45, 2.75) is 84.1 Å². The predicted octanol–water partition coefficient (Wildman–Crippen LogP) is 6.28. The fourth-order valence-corrected chi connectivity index (χ4v) is 2.51. The average Bonchev–Trinajstić information content (AvgIpc) is 2.59. The lowest BCUT2D eigenvalue weighted by atomic mass is 9.95. The standard InChI is InChI=1S/C8H17N.C7H9NS.C3H8.C2H6/c1-9(2)8-6-4-3-5-7-8;1-6-2-4-7(9-8)5-3-6;1-3-2;1-2/h8H,3-7H2,1-2H3;2-5H,8H2,1H3;3H2,1-2H3;1-2H3. The van der Waals surface area contributed by atoms with Crippen LogP contribution in [0.15, 0.2) is 29.2 Å². The van der Waals surface area contributed by atoms with Crippen molar-refractivity contribution in [1.82, 2.24) is 4.90 Å². The number of rotatable bonds is 2. The van der Waals surface area contributed by atoms with Crippen molar-refractivity contribution < 1.29 is 0 Å². The molecular formula is C20H40N2S. The molecule has 1 saturated carbocycles. The Morgan fingerprint density at radius 1 is 1.00 bits per heavy atom. The molecule has 23 heavy (non-hydrogen) atoms. The molecule has 0 heterocycles. The lowest BCUT2D eigenvalue weighted by Gasteiger charge is -2.27. The van der Waals surface area contributed by atoms with Gasteiger partial charge in [0.05, 0.1) is 0 Å². The zero-order valence-corrected chi connectivity index (χ0v) is 17.4. The maximum Gasteiger partial charge on any atom is 0.0226 e. The zero-order chi connectivity index (χ0) is 18.1. The molecule has 0 bridgehead atoms. The Kier molecular flexibility index (Phi) is 19.2. The highest BCUT2D eigenvalue weighted by Crippen LogP contribution is 2.20. The van der Waals surface area contributed by atoms with Gasteiger partial charge in [0.2, 0.25) is 0 Å². The predicted molar refractivity (Wildman–Crippen MR) is 109 cm³/mol. The van der Waals surface area contributed by atoms with Gasteiger partial charge in [-0.25, -0.2) is 0 Å². The van der Waals surface area contributed by atoms with Crippen molar-refractivity contribution in [3.05, 3.63) is 29.8 Å². The Morgan fingerprint density at radius 2 is 1.43 bits per heavy atom. The van der Waals surface area contributed by atoms with Crippen LogP contribution in [0.3, 0.4) is 0 Å². The maximum atomic E-state index is 5.32. The van der Waals surface area contributed by atoms with Crippen molar-refractivity contribution >= 4 is 11.9 Å². The van der Waals surface area contributed by atoms with Crippen LogP contribution in [-0.2, 0) is 0 Å². The third-order valence-electron chi connectivity index (χ3n) is 3.46. The second kappa shape index (κ2) is 17.8. The van der Waals surface area contributed by atoms with Crippen LogP contribution in [0.2, 0.25) is 0 Å². The summed E-state index contributed by atoms with van der Waals surface area (Å²) in [5.41, 5.74) is 1.27. The van der Waals surface area contributed by atoms with E-state index in [2.05, 4.69) is 51.9 Å². The monoisotopic (exact) mass is 340 g/mol. The smallest absolute Gasteiger partial charge is 0.0226 e. The van der Waals surface area contributed by atoms with E-state index in [0.29, 0.717) is 0 Å². The van der Waals surface area contributed by atoms with E-state index in [1.165, 1.54) is 56.0 Å². The van der Waals surface area contributed by atoms with Crippen molar-refractivity contribution in [2.75, 3.05) is 14.1 Å². The van der Waals surface area contributed by atoms with E-state index in [1.54, 1.807) is 0 Å². The summed E-state index contributed by atoms with van der Waals surface area (Å²) in [6.45, 7) is 10.3. The highest BCUT2D eigenvalue weighted by atomic mass is 32.2. The van der Waals surface area contributed by atoms with Crippen LogP contribution in [0.25, 0.3) is 0 Å². The van der Waals surface area contributed by atoms with Gasteiger partial charge in [0.1, 0.15) is 0 Å². The molecule has 2 rings (SSSR count). The highest BCUT2D eigenvalue weighted by Gasteiger charge is 2.13. The Labute approximate surface area is 150 Å². The molecule has 2 nitrogen and oxygen atoms in total. The Balaban J connectivity index is 0. The van der Waals surface area contributed by atoms with E-state index < -0.39 is 0 Å². The van der Waals surface area contributed by atoms with Crippen LogP contribution in [0.5, 0.6) is 0 Å². The van der Waals surface area contributed by atoms with Crippen LogP contribution < -0.4 is 5.14 Å². The molecule has 0 unspecified atom stereocenters. The third-order valence-corrected chi connectivity index (χ3v) is 4.01. The molecule has 0 spiro atoms. The minimum Gasteiger partial charge on any atom is -0.306 e. The molecule has 1 fully saturated rings. The lowest BCUT2D eigenvalue weighted by molar-refractivity contribution is 0.229. The summed E-state index contributed by atoms with van der Waals surface area (Å²) < 4.78 is 0. The summed E-state index contributed by atoms with van der Waals surface area (Å²) in [6.07, 6.45) is 8.45. The van der Waals surface area contributed by atoms with Gasteiger partial charge in [-0.3, -0.25) is 5.14 Å². The number of hydrogen-bond acceptors (Lipinski definition) is 3. The summed E-state index contributed by atoms with van der Waals surface area (Å²) >= 11 is 1.28. The lowest BCUT2D eigenvalue weighted by Crippen LogP contribution is -2.29. The van der Waals surface area contributed by atoms with E-state index in [0.717, 1.165) is 10.9 Å². The normalized spacial score (nSPS) is 13.8. The van der Waals surface area contributed by atoms with E-state index in [4.69, 9.17) is 5.14 Å². The summed E-state index contributed by atoms with van der Waals surface area (Å²) in [5, 5.41) is 5.32. The number of nitrogens with two attached hydrogens (primary N) is 1. The van der Waals surface area contributed by atoms with Crippen molar-refractivity contribution in [3.63, 3.8) is 0 Å². The van der Waals surface area contributed by atoms with Gasteiger partial charge in [0.15, 0.2) is 0 Å². The fourth-order valence-electron chi connectivity index (χ4n) is 2.21. The van der Waals surface area contributed by atoms with Crippen molar-refractivity contribution in [3.8, 4) is 0 Å². The molecular weight excluding hydrogens is 300 g/mol. The second-order valence-electron chi connectivity index (χ2n) is 5.89. The van der Waals surface area contributed by atoms with E-state index in [9.17, 15) is 0 Å².